The summed E-state index contributed by atoms with van der Waals surface area (Å²) in [6, 6.07) is 8.04. The molecule has 0 aliphatic heterocycles. The van der Waals surface area contributed by atoms with Crippen molar-refractivity contribution in [3.63, 3.8) is 0 Å². The standard InChI is InChI=1S/C15H18N4OS/c1-3-20-13-6-4-5-12-14(13)16-15(21)19(12)10-8-11-7-9-18(2)17-11/h4-7,9H,3,8,10H2,1-2H3,(H,16,21). The predicted molar refractivity (Wildman–Crippen MR) is 85.2 cm³/mol. The third-order valence-corrected chi connectivity index (χ3v) is 3.75. The number of fused-ring (bicyclic) bond motifs is 1. The average molecular weight is 302 g/mol. The second-order valence-corrected chi connectivity index (χ2v) is 5.28. The van der Waals surface area contributed by atoms with Crippen molar-refractivity contribution in [1.82, 2.24) is 19.3 Å². The molecule has 0 bridgehead atoms. The van der Waals surface area contributed by atoms with Gasteiger partial charge in [0.25, 0.3) is 0 Å². The molecule has 5 nitrogen and oxygen atoms in total. The quantitative estimate of drug-likeness (QED) is 0.737. The highest BCUT2D eigenvalue weighted by Crippen LogP contribution is 2.25. The second kappa shape index (κ2) is 5.73. The van der Waals surface area contributed by atoms with Crippen molar-refractivity contribution in [2.45, 2.75) is 19.9 Å². The molecule has 0 aliphatic carbocycles. The molecule has 3 aromatic rings. The van der Waals surface area contributed by atoms with Gasteiger partial charge in [0.15, 0.2) is 4.77 Å². The van der Waals surface area contributed by atoms with E-state index in [1.165, 1.54) is 0 Å². The first kappa shape index (κ1) is 13.9. The first-order valence-corrected chi connectivity index (χ1v) is 7.42. The van der Waals surface area contributed by atoms with E-state index in [4.69, 9.17) is 17.0 Å². The number of para-hydroxylation sites is 1. The lowest BCUT2D eigenvalue weighted by Gasteiger charge is -2.06. The van der Waals surface area contributed by atoms with Crippen LogP contribution in [0, 0.1) is 4.77 Å². The van der Waals surface area contributed by atoms with E-state index in [1.807, 2.05) is 43.0 Å². The number of aryl methyl sites for hydroxylation is 3. The Hall–Kier alpha value is -2.08. The van der Waals surface area contributed by atoms with Gasteiger partial charge in [-0.15, -0.1) is 0 Å². The zero-order valence-corrected chi connectivity index (χ0v) is 13.0. The van der Waals surface area contributed by atoms with Gasteiger partial charge in [0, 0.05) is 26.2 Å². The number of rotatable bonds is 5. The predicted octanol–water partition coefficient (Wildman–Crippen LogP) is 3.07. The molecule has 1 aromatic carbocycles. The monoisotopic (exact) mass is 302 g/mol. The van der Waals surface area contributed by atoms with Gasteiger partial charge in [-0.1, -0.05) is 6.07 Å². The Kier molecular flexibility index (Phi) is 3.79. The zero-order valence-electron chi connectivity index (χ0n) is 12.2. The summed E-state index contributed by atoms with van der Waals surface area (Å²) >= 11 is 5.44. The molecule has 1 N–H and O–H groups in total. The SMILES string of the molecule is CCOc1cccc2c1[nH]c(=S)n2CCc1ccn(C)n1. The van der Waals surface area contributed by atoms with Crippen molar-refractivity contribution in [3.05, 3.63) is 40.9 Å². The Morgan fingerprint density at radius 3 is 2.90 bits per heavy atom. The molecule has 6 heteroatoms. The molecule has 0 amide bonds. The Morgan fingerprint density at radius 2 is 2.19 bits per heavy atom. The van der Waals surface area contributed by atoms with Gasteiger partial charge in [0.05, 0.1) is 17.8 Å². The van der Waals surface area contributed by atoms with Crippen molar-refractivity contribution < 1.29 is 4.74 Å². The van der Waals surface area contributed by atoms with Crippen LogP contribution in [-0.4, -0.2) is 25.9 Å². The number of nitrogens with zero attached hydrogens (tertiary/aromatic N) is 3. The van der Waals surface area contributed by atoms with Gasteiger partial charge >= 0.3 is 0 Å². The van der Waals surface area contributed by atoms with Crippen LogP contribution in [-0.2, 0) is 20.0 Å². The van der Waals surface area contributed by atoms with Crippen LogP contribution in [0.2, 0.25) is 0 Å². The summed E-state index contributed by atoms with van der Waals surface area (Å²) in [7, 11) is 1.93. The Balaban J connectivity index is 1.93. The molecule has 2 heterocycles. The lowest BCUT2D eigenvalue weighted by atomic mass is 10.2. The zero-order chi connectivity index (χ0) is 14.8. The van der Waals surface area contributed by atoms with E-state index in [0.717, 1.165) is 35.4 Å². The number of nitrogens with one attached hydrogen (secondary N) is 1. The first-order valence-electron chi connectivity index (χ1n) is 7.02. The van der Waals surface area contributed by atoms with E-state index >= 15 is 0 Å². The number of hydrogen-bond donors (Lipinski definition) is 1. The molecule has 0 spiro atoms. The van der Waals surface area contributed by atoms with Crippen LogP contribution in [0.1, 0.15) is 12.6 Å². The Bertz CT molecular complexity index is 815. The summed E-state index contributed by atoms with van der Waals surface area (Å²) in [5.41, 5.74) is 3.10. The maximum atomic E-state index is 5.65. The molecule has 3 rings (SSSR count). The van der Waals surface area contributed by atoms with Crippen LogP contribution in [0.3, 0.4) is 0 Å². The molecule has 21 heavy (non-hydrogen) atoms. The van der Waals surface area contributed by atoms with Crippen molar-refractivity contribution in [1.29, 1.82) is 0 Å². The van der Waals surface area contributed by atoms with Gasteiger partial charge in [0.1, 0.15) is 11.3 Å². The van der Waals surface area contributed by atoms with E-state index < -0.39 is 0 Å². The van der Waals surface area contributed by atoms with Crippen molar-refractivity contribution in [2.75, 3.05) is 6.61 Å². The minimum Gasteiger partial charge on any atom is -0.492 e. The van der Waals surface area contributed by atoms with Crippen LogP contribution >= 0.6 is 12.2 Å². The van der Waals surface area contributed by atoms with E-state index in [0.29, 0.717) is 11.4 Å². The summed E-state index contributed by atoms with van der Waals surface area (Å²) in [4.78, 5) is 3.25. The fraction of sp³-hybridized carbons (Fsp3) is 0.333. The molecule has 0 saturated heterocycles. The van der Waals surface area contributed by atoms with Crippen LogP contribution in [0.4, 0.5) is 0 Å². The van der Waals surface area contributed by atoms with Gasteiger partial charge in [-0.25, -0.2) is 0 Å². The molecular weight excluding hydrogens is 284 g/mol. The van der Waals surface area contributed by atoms with Gasteiger partial charge < -0.3 is 14.3 Å². The van der Waals surface area contributed by atoms with Crippen molar-refractivity contribution in [3.8, 4) is 5.75 Å². The summed E-state index contributed by atoms with van der Waals surface area (Å²) in [6.07, 6.45) is 2.80. The van der Waals surface area contributed by atoms with Gasteiger partial charge in [-0.05, 0) is 37.3 Å². The molecular formula is C15H18N4OS. The van der Waals surface area contributed by atoms with E-state index in [-0.39, 0.29) is 0 Å². The number of aromatic nitrogens is 4. The number of aromatic amines is 1. The number of ether oxygens (including phenoxy) is 1. The van der Waals surface area contributed by atoms with Crippen LogP contribution < -0.4 is 4.74 Å². The normalized spacial score (nSPS) is 11.1. The summed E-state index contributed by atoms with van der Waals surface area (Å²) < 4.78 is 10.3. The lowest BCUT2D eigenvalue weighted by molar-refractivity contribution is 0.343. The maximum Gasteiger partial charge on any atom is 0.178 e. The molecule has 0 saturated carbocycles. The highest BCUT2D eigenvalue weighted by molar-refractivity contribution is 7.71. The van der Waals surface area contributed by atoms with E-state index in [2.05, 4.69) is 20.7 Å². The summed E-state index contributed by atoms with van der Waals surface area (Å²) in [6.45, 7) is 3.41. The topological polar surface area (TPSA) is 47.8 Å². The van der Waals surface area contributed by atoms with Crippen LogP contribution in [0.15, 0.2) is 30.5 Å². The number of hydrogen-bond acceptors (Lipinski definition) is 3. The third-order valence-electron chi connectivity index (χ3n) is 3.43. The van der Waals surface area contributed by atoms with E-state index in [9.17, 15) is 0 Å². The first-order chi connectivity index (χ1) is 10.2. The smallest absolute Gasteiger partial charge is 0.178 e. The van der Waals surface area contributed by atoms with E-state index in [1.54, 1.807) is 0 Å². The number of benzene rings is 1. The van der Waals surface area contributed by atoms with Gasteiger partial charge in [-0.2, -0.15) is 5.10 Å². The Labute approximate surface area is 128 Å². The maximum absolute atomic E-state index is 5.65. The fourth-order valence-electron chi connectivity index (χ4n) is 2.47. The lowest BCUT2D eigenvalue weighted by Crippen LogP contribution is -2.02. The fourth-order valence-corrected chi connectivity index (χ4v) is 2.77. The highest BCUT2D eigenvalue weighted by atomic mass is 32.1. The van der Waals surface area contributed by atoms with Gasteiger partial charge in [-0.3, -0.25) is 4.68 Å². The molecule has 0 aliphatic rings. The minimum absolute atomic E-state index is 0.638. The summed E-state index contributed by atoms with van der Waals surface area (Å²) in [5.74, 6) is 0.845. The van der Waals surface area contributed by atoms with Crippen molar-refractivity contribution in [2.24, 2.45) is 7.05 Å². The molecule has 0 radical (unpaired) electrons. The third kappa shape index (κ3) is 2.71. The largest absolute Gasteiger partial charge is 0.492 e. The van der Waals surface area contributed by atoms with Crippen molar-refractivity contribution >= 4 is 23.3 Å². The number of H-pyrrole nitrogens is 1. The highest BCUT2D eigenvalue weighted by Gasteiger charge is 2.09. The van der Waals surface area contributed by atoms with Crippen LogP contribution in [0.25, 0.3) is 11.0 Å². The second-order valence-electron chi connectivity index (χ2n) is 4.90. The Morgan fingerprint density at radius 1 is 1.33 bits per heavy atom. The molecule has 0 unspecified atom stereocenters. The molecule has 0 atom stereocenters. The molecule has 110 valence electrons. The molecule has 2 aromatic heterocycles. The van der Waals surface area contributed by atoms with Crippen LogP contribution in [0.5, 0.6) is 5.75 Å². The summed E-state index contributed by atoms with van der Waals surface area (Å²) in [5, 5.41) is 4.40. The minimum atomic E-state index is 0.638. The molecule has 0 fully saturated rings. The average Bonchev–Trinajstić information content (AvgIpc) is 3.01. The van der Waals surface area contributed by atoms with Gasteiger partial charge in [0.2, 0.25) is 0 Å². The number of imidazole rings is 1.